The Morgan fingerprint density at radius 3 is 2.52 bits per heavy atom. The monoisotopic (exact) mass is 454 g/mol. The summed E-state index contributed by atoms with van der Waals surface area (Å²) in [5, 5.41) is 14.3. The van der Waals surface area contributed by atoms with Crippen LogP contribution in [0.15, 0.2) is 24.3 Å². The van der Waals surface area contributed by atoms with E-state index in [1.165, 1.54) is 12.0 Å². The summed E-state index contributed by atoms with van der Waals surface area (Å²) in [5.74, 6) is 0.0936. The molecule has 7 nitrogen and oxygen atoms in total. The second-order valence-electron chi connectivity index (χ2n) is 11.1. The minimum atomic E-state index is -1.21. The van der Waals surface area contributed by atoms with Crippen molar-refractivity contribution in [1.29, 1.82) is 0 Å². The van der Waals surface area contributed by atoms with E-state index >= 15 is 0 Å². The fourth-order valence-electron chi connectivity index (χ4n) is 7.74. The maximum Gasteiger partial charge on any atom is 0.240 e. The normalized spacial score (nSPS) is 37.1. The molecule has 1 aliphatic heterocycles. The summed E-state index contributed by atoms with van der Waals surface area (Å²) in [6, 6.07) is 7.53. The highest BCUT2D eigenvalue weighted by Crippen LogP contribution is 2.57. The highest BCUT2D eigenvalue weighted by molar-refractivity contribution is 6.11. The van der Waals surface area contributed by atoms with E-state index in [1.807, 2.05) is 31.2 Å². The van der Waals surface area contributed by atoms with Crippen molar-refractivity contribution in [1.82, 2.24) is 10.2 Å². The predicted octanol–water partition coefficient (Wildman–Crippen LogP) is 2.23. The molecule has 5 fully saturated rings. The largest absolute Gasteiger partial charge is 0.390 e. The first-order valence-corrected chi connectivity index (χ1v) is 12.1. The maximum atomic E-state index is 13.7. The average molecular weight is 455 g/mol. The molecular weight excluding hydrogens is 420 g/mol. The smallest absolute Gasteiger partial charge is 0.240 e. The van der Waals surface area contributed by atoms with Crippen molar-refractivity contribution < 1.29 is 24.2 Å². The zero-order chi connectivity index (χ0) is 23.4. The van der Waals surface area contributed by atoms with Crippen LogP contribution in [0, 0.1) is 18.8 Å². The van der Waals surface area contributed by atoms with Gasteiger partial charge in [-0.1, -0.05) is 24.3 Å². The van der Waals surface area contributed by atoms with Crippen LogP contribution in [0.25, 0.3) is 0 Å². The maximum absolute atomic E-state index is 13.7. The fourth-order valence-corrected chi connectivity index (χ4v) is 7.74. The van der Waals surface area contributed by atoms with E-state index in [-0.39, 0.29) is 43.7 Å². The number of rotatable bonds is 7. The molecule has 3 amide bonds. The molecule has 2 N–H and O–H groups in total. The first-order chi connectivity index (χ1) is 15.7. The molecule has 0 aromatic heterocycles. The molecule has 7 heteroatoms. The van der Waals surface area contributed by atoms with Crippen molar-refractivity contribution >= 4 is 17.7 Å². The number of ether oxygens (including phenoxy) is 1. The van der Waals surface area contributed by atoms with E-state index in [4.69, 9.17) is 4.74 Å². The van der Waals surface area contributed by atoms with Gasteiger partial charge >= 0.3 is 0 Å². The topological polar surface area (TPSA) is 95.9 Å². The highest BCUT2D eigenvalue weighted by Gasteiger charge is 2.59. The molecule has 0 unspecified atom stereocenters. The lowest BCUT2D eigenvalue weighted by atomic mass is 9.51. The Labute approximate surface area is 194 Å². The molecule has 0 radical (unpaired) electrons. The van der Waals surface area contributed by atoms with Gasteiger partial charge < -0.3 is 15.2 Å². The van der Waals surface area contributed by atoms with Crippen LogP contribution < -0.4 is 5.32 Å². The molecule has 5 aliphatic rings. The molecule has 0 spiro atoms. The number of nitrogens with zero attached hydrogens (tertiary/aromatic N) is 1. The Hall–Kier alpha value is -2.25. The molecule has 1 aromatic rings. The number of aryl methyl sites for hydroxylation is 1. The molecule has 4 aliphatic carbocycles. The summed E-state index contributed by atoms with van der Waals surface area (Å²) < 4.78 is 5.10. The lowest BCUT2D eigenvalue weighted by molar-refractivity contribution is -0.152. The number of aliphatic hydroxyl groups is 1. The third-order valence-corrected chi connectivity index (χ3v) is 8.49. The zero-order valence-electron chi connectivity index (χ0n) is 19.6. The Bertz CT molecular complexity index is 977. The molecule has 178 valence electrons. The number of benzene rings is 1. The highest BCUT2D eigenvalue weighted by atomic mass is 16.5. The summed E-state index contributed by atoms with van der Waals surface area (Å²) in [5.41, 5.74) is -0.656. The zero-order valence-corrected chi connectivity index (χ0v) is 19.6. The number of hydrogen-bond acceptors (Lipinski definition) is 5. The standard InChI is InChI=1S/C26H34N2O5/c1-17-5-3-4-6-20(17)26(15-22(30)28(23(26)31)7-8-33-2)14-21(29)27-24-10-18-9-19(11-24)13-25(32,12-18)16-24/h3-6,18-19,32H,7-16H2,1-2H3,(H,27,29)/t18-,19-,24?,25?,26-/m0/s1. The second kappa shape index (κ2) is 7.91. The first kappa shape index (κ1) is 22.5. The predicted molar refractivity (Wildman–Crippen MR) is 121 cm³/mol. The van der Waals surface area contributed by atoms with E-state index in [1.54, 1.807) is 0 Å². The molecule has 1 saturated heterocycles. The quantitative estimate of drug-likeness (QED) is 0.616. The second-order valence-corrected chi connectivity index (χ2v) is 11.1. The van der Waals surface area contributed by atoms with Crippen molar-refractivity contribution in [2.45, 2.75) is 74.8 Å². The van der Waals surface area contributed by atoms with Crippen LogP contribution in [-0.2, 0) is 24.5 Å². The molecule has 4 saturated carbocycles. The van der Waals surface area contributed by atoms with Gasteiger partial charge in [0.1, 0.15) is 0 Å². The van der Waals surface area contributed by atoms with Gasteiger partial charge in [-0.15, -0.1) is 0 Å². The lowest BCUT2D eigenvalue weighted by Gasteiger charge is -2.60. The van der Waals surface area contributed by atoms with Gasteiger partial charge in [0.05, 0.1) is 24.2 Å². The molecule has 4 bridgehead atoms. The van der Waals surface area contributed by atoms with Crippen LogP contribution in [-0.4, -0.2) is 59.1 Å². The molecule has 1 aromatic carbocycles. The number of hydrogen-bond donors (Lipinski definition) is 2. The average Bonchev–Trinajstić information content (AvgIpc) is 2.94. The van der Waals surface area contributed by atoms with Gasteiger partial charge in [0.2, 0.25) is 17.7 Å². The van der Waals surface area contributed by atoms with Gasteiger partial charge in [0.25, 0.3) is 0 Å². The van der Waals surface area contributed by atoms with E-state index in [0.29, 0.717) is 18.3 Å². The van der Waals surface area contributed by atoms with Crippen LogP contribution in [0.4, 0.5) is 0 Å². The number of amides is 3. The molecule has 3 atom stereocenters. The number of likely N-dealkylation sites (tertiary alicyclic amines) is 1. The Morgan fingerprint density at radius 1 is 1.18 bits per heavy atom. The summed E-state index contributed by atoms with van der Waals surface area (Å²) in [6.07, 6.45) is 5.07. The van der Waals surface area contributed by atoms with E-state index in [9.17, 15) is 19.5 Å². The minimum Gasteiger partial charge on any atom is -0.390 e. The van der Waals surface area contributed by atoms with E-state index in [2.05, 4.69) is 5.32 Å². The number of imide groups is 1. The van der Waals surface area contributed by atoms with Crippen molar-refractivity contribution in [2.24, 2.45) is 11.8 Å². The Morgan fingerprint density at radius 2 is 1.88 bits per heavy atom. The number of methoxy groups -OCH3 is 1. The van der Waals surface area contributed by atoms with Crippen molar-refractivity contribution in [3.05, 3.63) is 35.4 Å². The minimum absolute atomic E-state index is 0.0178. The van der Waals surface area contributed by atoms with Gasteiger partial charge in [-0.2, -0.15) is 0 Å². The summed E-state index contributed by atoms with van der Waals surface area (Å²) in [7, 11) is 1.53. The van der Waals surface area contributed by atoms with Crippen molar-refractivity contribution in [2.75, 3.05) is 20.3 Å². The van der Waals surface area contributed by atoms with Gasteiger partial charge in [-0.3, -0.25) is 19.3 Å². The van der Waals surface area contributed by atoms with Gasteiger partial charge in [0, 0.05) is 25.5 Å². The Balaban J connectivity index is 1.43. The van der Waals surface area contributed by atoms with Gasteiger partial charge in [0.15, 0.2) is 0 Å². The molecular formula is C26H34N2O5. The van der Waals surface area contributed by atoms with Crippen molar-refractivity contribution in [3.63, 3.8) is 0 Å². The van der Waals surface area contributed by atoms with E-state index < -0.39 is 16.6 Å². The van der Waals surface area contributed by atoms with Crippen LogP contribution in [0.2, 0.25) is 0 Å². The SMILES string of the molecule is COCCN1C(=O)C[C@@](CC(=O)NC23C[C@@H]4C[C@H](CC(O)(C4)C2)C3)(c2ccccc2C)C1=O. The van der Waals surface area contributed by atoms with E-state index in [0.717, 1.165) is 43.2 Å². The van der Waals surface area contributed by atoms with Gasteiger partial charge in [-0.25, -0.2) is 0 Å². The van der Waals surface area contributed by atoms with Crippen LogP contribution in [0.1, 0.15) is 62.5 Å². The lowest BCUT2D eigenvalue weighted by Crippen LogP contribution is -2.65. The van der Waals surface area contributed by atoms with Crippen LogP contribution >= 0.6 is 0 Å². The Kier molecular flexibility index (Phi) is 5.40. The van der Waals surface area contributed by atoms with Crippen LogP contribution in [0.5, 0.6) is 0 Å². The van der Waals surface area contributed by atoms with Crippen molar-refractivity contribution in [3.8, 4) is 0 Å². The first-order valence-electron chi connectivity index (χ1n) is 12.1. The summed E-state index contributed by atoms with van der Waals surface area (Å²) >= 11 is 0. The summed E-state index contributed by atoms with van der Waals surface area (Å²) in [4.78, 5) is 41.4. The molecule has 1 heterocycles. The molecule has 33 heavy (non-hydrogen) atoms. The third-order valence-electron chi connectivity index (χ3n) is 8.49. The molecule has 6 rings (SSSR count). The van der Waals surface area contributed by atoms with Crippen LogP contribution in [0.3, 0.4) is 0 Å². The fraction of sp³-hybridized carbons (Fsp3) is 0.654. The van der Waals surface area contributed by atoms with Gasteiger partial charge in [-0.05, 0) is 68.4 Å². The number of nitrogens with one attached hydrogen (secondary N) is 1. The summed E-state index contributed by atoms with van der Waals surface area (Å²) in [6.45, 7) is 2.36. The third kappa shape index (κ3) is 3.79. The number of carbonyl (C=O) groups is 3. The number of carbonyl (C=O) groups excluding carboxylic acids is 3.